The minimum absolute atomic E-state index is 0.0255. The topological polar surface area (TPSA) is 66.9 Å². The lowest BCUT2D eigenvalue weighted by Crippen LogP contribution is -2.48. The van der Waals surface area contributed by atoms with Crippen LogP contribution in [0.1, 0.15) is 44.1 Å². The molecule has 1 aromatic carbocycles. The minimum atomic E-state index is -0.462. The number of amides is 2. The maximum Gasteiger partial charge on any atom is 0.305 e. The van der Waals surface area contributed by atoms with E-state index >= 15 is 0 Å². The fourth-order valence-electron chi connectivity index (χ4n) is 3.45. The molecule has 25 heavy (non-hydrogen) atoms. The van der Waals surface area contributed by atoms with Crippen molar-refractivity contribution in [1.29, 1.82) is 0 Å². The monoisotopic (exact) mass is 344 g/mol. The van der Waals surface area contributed by atoms with Crippen LogP contribution in [0, 0.1) is 0 Å². The van der Waals surface area contributed by atoms with Gasteiger partial charge in [0.1, 0.15) is 0 Å². The van der Waals surface area contributed by atoms with Gasteiger partial charge in [0.15, 0.2) is 0 Å². The molecular formula is C19H24N2O4. The standard InChI is InChI=1S/C19H24N2O4/c1-25-17(23)10-5-9-16(22)20-13-6-14-21(20)18(24)19(11-12-19)15-7-3-2-4-8-15/h2-4,7-8H,5-6,9-14H2,1H3. The van der Waals surface area contributed by atoms with E-state index in [0.29, 0.717) is 19.5 Å². The van der Waals surface area contributed by atoms with Crippen molar-refractivity contribution in [2.24, 2.45) is 0 Å². The highest BCUT2D eigenvalue weighted by atomic mass is 16.5. The maximum atomic E-state index is 13.1. The summed E-state index contributed by atoms with van der Waals surface area (Å²) in [5.41, 5.74) is 0.570. The van der Waals surface area contributed by atoms with Crippen LogP contribution >= 0.6 is 0 Å². The average Bonchev–Trinajstić information content (AvgIpc) is 3.31. The molecule has 1 aliphatic carbocycles. The first-order valence-electron chi connectivity index (χ1n) is 8.83. The zero-order chi connectivity index (χ0) is 17.9. The van der Waals surface area contributed by atoms with Crippen molar-refractivity contribution in [1.82, 2.24) is 10.0 Å². The van der Waals surface area contributed by atoms with E-state index in [1.807, 2.05) is 30.3 Å². The van der Waals surface area contributed by atoms with Crippen molar-refractivity contribution < 1.29 is 19.1 Å². The third-order valence-electron chi connectivity index (χ3n) is 5.04. The van der Waals surface area contributed by atoms with Crippen molar-refractivity contribution in [3.63, 3.8) is 0 Å². The Morgan fingerprint density at radius 2 is 1.72 bits per heavy atom. The fourth-order valence-corrected chi connectivity index (χ4v) is 3.45. The first-order chi connectivity index (χ1) is 12.1. The van der Waals surface area contributed by atoms with Crippen molar-refractivity contribution in [3.05, 3.63) is 35.9 Å². The van der Waals surface area contributed by atoms with E-state index in [1.165, 1.54) is 7.11 Å². The van der Waals surface area contributed by atoms with E-state index in [0.717, 1.165) is 24.8 Å². The third-order valence-corrected chi connectivity index (χ3v) is 5.04. The second-order valence-electron chi connectivity index (χ2n) is 6.68. The van der Waals surface area contributed by atoms with E-state index in [4.69, 9.17) is 0 Å². The highest BCUT2D eigenvalue weighted by Gasteiger charge is 2.54. The molecule has 2 aliphatic rings. The molecule has 0 aromatic heterocycles. The molecule has 134 valence electrons. The second kappa shape index (κ2) is 7.25. The highest BCUT2D eigenvalue weighted by molar-refractivity contribution is 5.93. The Bertz CT molecular complexity index is 655. The number of hydrogen-bond donors (Lipinski definition) is 0. The highest BCUT2D eigenvalue weighted by Crippen LogP contribution is 2.50. The lowest BCUT2D eigenvalue weighted by Gasteiger charge is -2.31. The molecule has 0 unspecified atom stereocenters. The second-order valence-corrected chi connectivity index (χ2v) is 6.68. The summed E-state index contributed by atoms with van der Waals surface area (Å²) in [7, 11) is 1.34. The number of hydrogen-bond acceptors (Lipinski definition) is 4. The molecule has 0 bridgehead atoms. The summed E-state index contributed by atoms with van der Waals surface area (Å²) < 4.78 is 4.59. The van der Waals surface area contributed by atoms with Crippen LogP contribution in [0.4, 0.5) is 0 Å². The van der Waals surface area contributed by atoms with E-state index < -0.39 is 5.41 Å². The molecule has 2 fully saturated rings. The van der Waals surface area contributed by atoms with Crippen LogP contribution in [-0.2, 0) is 24.5 Å². The number of carbonyl (C=O) groups is 3. The van der Waals surface area contributed by atoms with Crippen LogP contribution in [0.5, 0.6) is 0 Å². The number of rotatable bonds is 6. The number of nitrogens with zero attached hydrogens (tertiary/aromatic N) is 2. The molecule has 0 radical (unpaired) electrons. The molecule has 0 atom stereocenters. The average molecular weight is 344 g/mol. The van der Waals surface area contributed by atoms with Gasteiger partial charge in [-0.3, -0.25) is 24.4 Å². The van der Waals surface area contributed by atoms with Gasteiger partial charge in [0.05, 0.1) is 12.5 Å². The summed E-state index contributed by atoms with van der Waals surface area (Å²) in [6, 6.07) is 9.81. The maximum absolute atomic E-state index is 13.1. The predicted octanol–water partition coefficient (Wildman–Crippen LogP) is 2.04. The lowest BCUT2D eigenvalue weighted by molar-refractivity contribution is -0.159. The van der Waals surface area contributed by atoms with Gasteiger partial charge < -0.3 is 4.74 Å². The Kier molecular flexibility index (Phi) is 5.06. The summed E-state index contributed by atoms with van der Waals surface area (Å²) in [5, 5.41) is 3.20. The van der Waals surface area contributed by atoms with Crippen molar-refractivity contribution in [2.45, 2.75) is 43.9 Å². The van der Waals surface area contributed by atoms with Crippen LogP contribution in [0.3, 0.4) is 0 Å². The summed E-state index contributed by atoms with van der Waals surface area (Å²) in [6.45, 7) is 1.14. The first kappa shape index (κ1) is 17.5. The number of ether oxygens (including phenoxy) is 1. The SMILES string of the molecule is COC(=O)CCCC(=O)N1CCCN1C(=O)C1(c2ccccc2)CC1. The van der Waals surface area contributed by atoms with Gasteiger partial charge in [-0.25, -0.2) is 0 Å². The van der Waals surface area contributed by atoms with Gasteiger partial charge in [-0.15, -0.1) is 0 Å². The molecule has 1 heterocycles. The van der Waals surface area contributed by atoms with Crippen molar-refractivity contribution in [3.8, 4) is 0 Å². The zero-order valence-electron chi connectivity index (χ0n) is 14.6. The Balaban J connectivity index is 1.64. The first-order valence-corrected chi connectivity index (χ1v) is 8.83. The van der Waals surface area contributed by atoms with E-state index in [9.17, 15) is 14.4 Å². The van der Waals surface area contributed by atoms with Crippen LogP contribution in [0.15, 0.2) is 30.3 Å². The summed E-state index contributed by atoms with van der Waals surface area (Å²) >= 11 is 0. The molecule has 6 heteroatoms. The van der Waals surface area contributed by atoms with Crippen LogP contribution < -0.4 is 0 Å². The van der Waals surface area contributed by atoms with Gasteiger partial charge in [-0.1, -0.05) is 30.3 Å². The van der Waals surface area contributed by atoms with Crippen LogP contribution in [0.2, 0.25) is 0 Å². The normalized spacial score (nSPS) is 18.1. The predicted molar refractivity (Wildman–Crippen MR) is 91.3 cm³/mol. The molecule has 2 amide bonds. The zero-order valence-corrected chi connectivity index (χ0v) is 14.6. The van der Waals surface area contributed by atoms with Gasteiger partial charge >= 0.3 is 5.97 Å². The molecule has 1 saturated heterocycles. The van der Waals surface area contributed by atoms with Crippen LogP contribution in [-0.4, -0.2) is 48.0 Å². The van der Waals surface area contributed by atoms with E-state index in [-0.39, 0.29) is 30.6 Å². The van der Waals surface area contributed by atoms with Crippen LogP contribution in [0.25, 0.3) is 0 Å². The largest absolute Gasteiger partial charge is 0.469 e. The molecule has 0 spiro atoms. The Morgan fingerprint density at radius 3 is 2.36 bits per heavy atom. The Hall–Kier alpha value is -2.37. The van der Waals surface area contributed by atoms with Gasteiger partial charge in [0, 0.05) is 25.9 Å². The quantitative estimate of drug-likeness (QED) is 0.741. The minimum Gasteiger partial charge on any atom is -0.469 e. The van der Waals surface area contributed by atoms with Crippen molar-refractivity contribution in [2.75, 3.05) is 20.2 Å². The van der Waals surface area contributed by atoms with Gasteiger partial charge in [-0.05, 0) is 31.2 Å². The molecular weight excluding hydrogens is 320 g/mol. The number of methoxy groups -OCH3 is 1. The number of carbonyl (C=O) groups excluding carboxylic acids is 3. The third kappa shape index (κ3) is 3.52. The number of benzene rings is 1. The molecule has 3 rings (SSSR count). The summed E-state index contributed by atoms with van der Waals surface area (Å²) in [5.74, 6) is -0.390. The Morgan fingerprint density at radius 1 is 1.04 bits per heavy atom. The van der Waals surface area contributed by atoms with E-state index in [1.54, 1.807) is 10.0 Å². The fraction of sp³-hybridized carbons (Fsp3) is 0.526. The van der Waals surface area contributed by atoms with E-state index in [2.05, 4.69) is 4.74 Å². The molecule has 6 nitrogen and oxygen atoms in total. The molecule has 1 aliphatic heterocycles. The van der Waals surface area contributed by atoms with Gasteiger partial charge in [0.2, 0.25) is 5.91 Å². The molecule has 1 aromatic rings. The number of hydrazine groups is 1. The Labute approximate surface area is 147 Å². The number of esters is 1. The summed E-state index contributed by atoms with van der Waals surface area (Å²) in [6.07, 6.45) is 3.36. The van der Waals surface area contributed by atoms with Gasteiger partial charge in [-0.2, -0.15) is 0 Å². The van der Waals surface area contributed by atoms with Crippen molar-refractivity contribution >= 4 is 17.8 Å². The molecule has 1 saturated carbocycles. The lowest BCUT2D eigenvalue weighted by atomic mass is 9.95. The smallest absolute Gasteiger partial charge is 0.305 e. The van der Waals surface area contributed by atoms with Gasteiger partial charge in [0.25, 0.3) is 5.91 Å². The molecule has 0 N–H and O–H groups in total. The summed E-state index contributed by atoms with van der Waals surface area (Å²) in [4.78, 5) is 36.8.